The van der Waals surface area contributed by atoms with Crippen LogP contribution in [0.2, 0.25) is 0 Å². The summed E-state index contributed by atoms with van der Waals surface area (Å²) in [6, 6.07) is 4.78. The van der Waals surface area contributed by atoms with Crippen LogP contribution in [-0.4, -0.2) is 29.4 Å². The molecule has 0 radical (unpaired) electrons. The van der Waals surface area contributed by atoms with Gasteiger partial charge >= 0.3 is 6.03 Å². The van der Waals surface area contributed by atoms with Crippen molar-refractivity contribution < 1.29 is 14.0 Å². The Hall–Kier alpha value is -1.91. The van der Waals surface area contributed by atoms with Crippen molar-refractivity contribution in [3.8, 4) is 0 Å². The number of halogens is 1. The van der Waals surface area contributed by atoms with Crippen LogP contribution < -0.4 is 4.90 Å². The van der Waals surface area contributed by atoms with E-state index in [0.717, 1.165) is 11.3 Å². The lowest BCUT2D eigenvalue weighted by molar-refractivity contribution is -0.120. The number of nitrogens with zero attached hydrogens (tertiary/aromatic N) is 2. The predicted octanol–water partition coefficient (Wildman–Crippen LogP) is 2.00. The number of carbonyl (C=O) groups is 2. The first kappa shape index (κ1) is 11.2. The molecule has 0 bridgehead atoms. The monoisotopic (exact) mass is 248 g/mol. The molecule has 2 saturated heterocycles. The number of urea groups is 1. The molecular formula is C13H13FN2O2. The van der Waals surface area contributed by atoms with Crippen LogP contribution in [0.4, 0.5) is 14.9 Å². The lowest BCUT2D eigenvalue weighted by Crippen LogP contribution is -2.33. The van der Waals surface area contributed by atoms with Gasteiger partial charge in [0.05, 0.1) is 5.69 Å². The van der Waals surface area contributed by atoms with Crippen LogP contribution in [0.3, 0.4) is 0 Å². The lowest BCUT2D eigenvalue weighted by Gasteiger charge is -2.15. The molecule has 0 N–H and O–H groups in total. The minimum Gasteiger partial charge on any atom is -0.312 e. The Labute approximate surface area is 104 Å². The maximum absolute atomic E-state index is 12.9. The van der Waals surface area contributed by atoms with Gasteiger partial charge in [-0.25, -0.2) is 14.1 Å². The molecule has 5 heteroatoms. The van der Waals surface area contributed by atoms with Crippen LogP contribution in [0.15, 0.2) is 24.3 Å². The van der Waals surface area contributed by atoms with Crippen molar-refractivity contribution in [1.29, 1.82) is 0 Å². The molecule has 0 spiro atoms. The van der Waals surface area contributed by atoms with Crippen LogP contribution in [-0.2, 0) is 4.79 Å². The van der Waals surface area contributed by atoms with Gasteiger partial charge in [0.15, 0.2) is 0 Å². The Morgan fingerprint density at radius 3 is 2.50 bits per heavy atom. The number of carbonyl (C=O) groups excluding carboxylic acids is 2. The summed E-state index contributed by atoms with van der Waals surface area (Å²) in [6.45, 7) is 2.60. The van der Waals surface area contributed by atoms with E-state index >= 15 is 0 Å². The number of hydrogen-bond acceptors (Lipinski definition) is 2. The van der Waals surface area contributed by atoms with Gasteiger partial charge in [0, 0.05) is 6.54 Å². The van der Waals surface area contributed by atoms with Gasteiger partial charge in [-0.2, -0.15) is 0 Å². The molecule has 2 aliphatic rings. The lowest BCUT2D eigenvalue weighted by atomic mass is 10.0. The molecule has 0 aromatic heterocycles. The largest absolute Gasteiger partial charge is 0.332 e. The Bertz CT molecular complexity index is 514. The molecule has 4 nitrogen and oxygen atoms in total. The van der Waals surface area contributed by atoms with Crippen molar-refractivity contribution in [3.05, 3.63) is 30.1 Å². The Kier molecular flexibility index (Phi) is 2.36. The summed E-state index contributed by atoms with van der Waals surface area (Å²) in [5.74, 6) is -0.393. The van der Waals surface area contributed by atoms with Crippen molar-refractivity contribution in [2.45, 2.75) is 19.4 Å². The molecule has 2 heterocycles. The van der Waals surface area contributed by atoms with E-state index in [1.807, 2.05) is 6.92 Å². The van der Waals surface area contributed by atoms with Crippen LogP contribution in [0.1, 0.15) is 13.3 Å². The van der Waals surface area contributed by atoms with E-state index in [-0.39, 0.29) is 29.7 Å². The van der Waals surface area contributed by atoms with Crippen LogP contribution >= 0.6 is 0 Å². The SMILES string of the molecule is CC1CCN2C(=O)N(c3ccc(F)cc3)C(=O)C12. The molecule has 2 fully saturated rings. The zero-order valence-electron chi connectivity index (χ0n) is 9.97. The third-order valence-electron chi connectivity index (χ3n) is 3.70. The second-order valence-corrected chi connectivity index (χ2v) is 4.84. The number of amides is 3. The van der Waals surface area contributed by atoms with Crippen LogP contribution in [0.5, 0.6) is 0 Å². The highest BCUT2D eigenvalue weighted by Gasteiger charge is 2.51. The summed E-state index contributed by atoms with van der Waals surface area (Å²) in [4.78, 5) is 27.2. The van der Waals surface area contributed by atoms with Gasteiger partial charge in [0.2, 0.25) is 0 Å². The second kappa shape index (κ2) is 3.80. The third-order valence-corrected chi connectivity index (χ3v) is 3.70. The Balaban J connectivity index is 1.97. The number of benzene rings is 1. The molecule has 2 unspecified atom stereocenters. The number of imide groups is 1. The first-order valence-electron chi connectivity index (χ1n) is 6.00. The molecule has 2 atom stereocenters. The van der Waals surface area contributed by atoms with Crippen molar-refractivity contribution in [2.24, 2.45) is 5.92 Å². The molecule has 1 aromatic rings. The number of anilines is 1. The highest BCUT2D eigenvalue weighted by molar-refractivity contribution is 6.21. The zero-order chi connectivity index (χ0) is 12.9. The van der Waals surface area contributed by atoms with E-state index in [1.165, 1.54) is 24.3 Å². The molecule has 0 aliphatic carbocycles. The quantitative estimate of drug-likeness (QED) is 0.713. The summed E-state index contributed by atoms with van der Waals surface area (Å²) >= 11 is 0. The normalized spacial score (nSPS) is 27.0. The maximum Gasteiger partial charge on any atom is 0.332 e. The molecular weight excluding hydrogens is 235 g/mol. The third kappa shape index (κ3) is 1.43. The summed E-state index contributed by atoms with van der Waals surface area (Å²) in [5, 5.41) is 0. The van der Waals surface area contributed by atoms with Crippen LogP contribution in [0.25, 0.3) is 0 Å². The van der Waals surface area contributed by atoms with Crippen molar-refractivity contribution in [2.75, 3.05) is 11.4 Å². The van der Waals surface area contributed by atoms with Crippen molar-refractivity contribution >= 4 is 17.6 Å². The van der Waals surface area contributed by atoms with Crippen molar-refractivity contribution in [3.63, 3.8) is 0 Å². The fraction of sp³-hybridized carbons (Fsp3) is 0.385. The maximum atomic E-state index is 12.9. The molecule has 0 saturated carbocycles. The van der Waals surface area contributed by atoms with Gasteiger partial charge in [-0.1, -0.05) is 6.92 Å². The van der Waals surface area contributed by atoms with Crippen LogP contribution in [0, 0.1) is 11.7 Å². The number of hydrogen-bond donors (Lipinski definition) is 0. The minimum atomic E-state index is -0.383. The predicted molar refractivity (Wildman–Crippen MR) is 63.6 cm³/mol. The smallest absolute Gasteiger partial charge is 0.312 e. The molecule has 3 amide bonds. The average Bonchev–Trinajstić information content (AvgIpc) is 2.83. The van der Waals surface area contributed by atoms with E-state index in [9.17, 15) is 14.0 Å². The van der Waals surface area contributed by atoms with Gasteiger partial charge < -0.3 is 4.90 Å². The van der Waals surface area contributed by atoms with E-state index in [0.29, 0.717) is 12.2 Å². The Morgan fingerprint density at radius 1 is 1.22 bits per heavy atom. The first-order valence-corrected chi connectivity index (χ1v) is 6.00. The zero-order valence-corrected chi connectivity index (χ0v) is 9.97. The summed E-state index contributed by atoms with van der Waals surface area (Å²) in [5.41, 5.74) is 0.438. The number of fused-ring (bicyclic) bond motifs is 1. The van der Waals surface area contributed by atoms with E-state index in [1.54, 1.807) is 4.90 Å². The molecule has 2 aliphatic heterocycles. The summed E-state index contributed by atoms with van der Waals surface area (Å²) in [6.07, 6.45) is 0.861. The van der Waals surface area contributed by atoms with E-state index < -0.39 is 0 Å². The molecule has 3 rings (SSSR count). The van der Waals surface area contributed by atoms with Gasteiger partial charge in [-0.15, -0.1) is 0 Å². The average molecular weight is 248 g/mol. The van der Waals surface area contributed by atoms with Gasteiger partial charge in [-0.05, 0) is 36.6 Å². The van der Waals surface area contributed by atoms with Gasteiger partial charge in [0.25, 0.3) is 5.91 Å². The standard InChI is InChI=1S/C13H13FN2O2/c1-8-6-7-15-11(8)12(17)16(13(15)18)10-4-2-9(14)3-5-10/h2-5,8,11H,6-7H2,1H3. The minimum absolute atomic E-state index is 0.187. The molecule has 1 aromatic carbocycles. The molecule has 94 valence electrons. The fourth-order valence-electron chi connectivity index (χ4n) is 2.72. The van der Waals surface area contributed by atoms with Crippen molar-refractivity contribution in [1.82, 2.24) is 4.90 Å². The Morgan fingerprint density at radius 2 is 1.89 bits per heavy atom. The fourth-order valence-corrected chi connectivity index (χ4v) is 2.72. The summed E-state index contributed by atoms with van der Waals surface area (Å²) < 4.78 is 12.9. The van der Waals surface area contributed by atoms with E-state index in [4.69, 9.17) is 0 Å². The summed E-state index contributed by atoms with van der Waals surface area (Å²) in [7, 11) is 0. The number of rotatable bonds is 1. The highest BCUT2D eigenvalue weighted by Crippen LogP contribution is 2.34. The van der Waals surface area contributed by atoms with Gasteiger partial charge in [0.1, 0.15) is 11.9 Å². The molecule has 18 heavy (non-hydrogen) atoms. The van der Waals surface area contributed by atoms with Gasteiger partial charge in [-0.3, -0.25) is 4.79 Å². The second-order valence-electron chi connectivity index (χ2n) is 4.84. The topological polar surface area (TPSA) is 40.6 Å². The highest BCUT2D eigenvalue weighted by atomic mass is 19.1. The first-order chi connectivity index (χ1) is 8.59. The van der Waals surface area contributed by atoms with E-state index in [2.05, 4.69) is 0 Å².